The molecule has 5 rings (SSSR count). The van der Waals surface area contributed by atoms with Gasteiger partial charge in [-0.1, -0.05) is 6.07 Å². The number of methoxy groups -OCH3 is 1. The third-order valence-corrected chi connectivity index (χ3v) is 6.55. The molecule has 0 radical (unpaired) electrons. The van der Waals surface area contributed by atoms with Gasteiger partial charge < -0.3 is 19.2 Å². The van der Waals surface area contributed by atoms with Crippen LogP contribution in [0.3, 0.4) is 0 Å². The fourth-order valence-corrected chi connectivity index (χ4v) is 4.95. The molecule has 2 heterocycles. The number of hydrogen-bond donors (Lipinski definition) is 1. The highest BCUT2D eigenvalue weighted by molar-refractivity contribution is 5.72. The standard InChI is InChI=1S/C25H29FN2O3/c1-29-23-8-6-17(12-24(23)30-20-4-2-3-5-20)18-10-16(14-27-15-18)11-25-28-21-13-19(26)7-9-22(21)31-25/h6-9,12-13,16,18,20,27H,2-5,10-11,14-15H2,1H3/t16-,18-/m1/s1. The number of nitrogens with zero attached hydrogens (tertiary/aromatic N) is 1. The van der Waals surface area contributed by atoms with E-state index in [1.165, 1.54) is 30.5 Å². The quantitative estimate of drug-likeness (QED) is 0.587. The van der Waals surface area contributed by atoms with E-state index >= 15 is 0 Å². The van der Waals surface area contributed by atoms with E-state index in [4.69, 9.17) is 13.9 Å². The fraction of sp³-hybridized carbons (Fsp3) is 0.480. The summed E-state index contributed by atoms with van der Waals surface area (Å²) in [6, 6.07) is 10.8. The van der Waals surface area contributed by atoms with Gasteiger partial charge in [-0.2, -0.15) is 0 Å². The van der Waals surface area contributed by atoms with E-state index in [0.717, 1.165) is 50.3 Å². The summed E-state index contributed by atoms with van der Waals surface area (Å²) in [6.07, 6.45) is 6.79. The summed E-state index contributed by atoms with van der Waals surface area (Å²) in [5, 5.41) is 3.57. The second-order valence-electron chi connectivity index (χ2n) is 8.82. The van der Waals surface area contributed by atoms with E-state index in [0.29, 0.717) is 34.9 Å². The number of ether oxygens (including phenoxy) is 2. The zero-order valence-electron chi connectivity index (χ0n) is 17.9. The number of oxazole rings is 1. The highest BCUT2D eigenvalue weighted by Crippen LogP contribution is 2.37. The van der Waals surface area contributed by atoms with Crippen LogP contribution in [0.1, 0.15) is 49.5 Å². The maximum atomic E-state index is 13.4. The predicted octanol–water partition coefficient (Wildman–Crippen LogP) is 5.23. The van der Waals surface area contributed by atoms with E-state index < -0.39 is 0 Å². The zero-order valence-corrected chi connectivity index (χ0v) is 17.9. The molecule has 0 amide bonds. The highest BCUT2D eigenvalue weighted by Gasteiger charge is 2.26. The van der Waals surface area contributed by atoms with Gasteiger partial charge in [-0.3, -0.25) is 0 Å². The average molecular weight is 425 g/mol. The second kappa shape index (κ2) is 8.87. The highest BCUT2D eigenvalue weighted by atomic mass is 19.1. The average Bonchev–Trinajstić information content (AvgIpc) is 3.43. The molecule has 2 atom stereocenters. The van der Waals surface area contributed by atoms with E-state index in [-0.39, 0.29) is 5.82 Å². The lowest BCUT2D eigenvalue weighted by Gasteiger charge is -2.30. The largest absolute Gasteiger partial charge is 0.493 e. The maximum Gasteiger partial charge on any atom is 0.195 e. The van der Waals surface area contributed by atoms with Crippen LogP contribution in [0.15, 0.2) is 40.8 Å². The van der Waals surface area contributed by atoms with Gasteiger partial charge in [0.25, 0.3) is 0 Å². The first-order valence-corrected chi connectivity index (χ1v) is 11.3. The van der Waals surface area contributed by atoms with Gasteiger partial charge in [-0.05, 0) is 80.3 Å². The summed E-state index contributed by atoms with van der Waals surface area (Å²) in [7, 11) is 1.70. The number of benzene rings is 2. The molecule has 31 heavy (non-hydrogen) atoms. The first-order chi connectivity index (χ1) is 15.2. The minimum absolute atomic E-state index is 0.290. The zero-order chi connectivity index (χ0) is 21.2. The molecule has 1 saturated heterocycles. The number of fused-ring (bicyclic) bond motifs is 1. The number of piperidine rings is 1. The predicted molar refractivity (Wildman–Crippen MR) is 117 cm³/mol. The monoisotopic (exact) mass is 424 g/mol. The van der Waals surface area contributed by atoms with Crippen LogP contribution in [-0.4, -0.2) is 31.3 Å². The summed E-state index contributed by atoms with van der Waals surface area (Å²) >= 11 is 0. The van der Waals surface area contributed by atoms with Crippen molar-refractivity contribution in [2.75, 3.05) is 20.2 Å². The van der Waals surface area contributed by atoms with Crippen LogP contribution >= 0.6 is 0 Å². The molecule has 1 N–H and O–H groups in total. The van der Waals surface area contributed by atoms with Gasteiger partial charge in [0.15, 0.2) is 23.0 Å². The SMILES string of the molecule is COc1ccc([C@H]2CNC[C@@H](Cc3nc4cc(F)ccc4o3)C2)cc1OC1CCCC1. The van der Waals surface area contributed by atoms with Crippen molar-refractivity contribution in [1.29, 1.82) is 0 Å². The maximum absolute atomic E-state index is 13.4. The lowest BCUT2D eigenvalue weighted by atomic mass is 9.84. The smallest absolute Gasteiger partial charge is 0.195 e. The minimum atomic E-state index is -0.290. The van der Waals surface area contributed by atoms with Crippen molar-refractivity contribution in [3.63, 3.8) is 0 Å². The lowest BCUT2D eigenvalue weighted by Crippen LogP contribution is -2.36. The number of halogens is 1. The Morgan fingerprint density at radius 1 is 1.10 bits per heavy atom. The van der Waals surface area contributed by atoms with Crippen molar-refractivity contribution in [2.45, 2.75) is 50.5 Å². The molecule has 0 unspecified atom stereocenters. The van der Waals surface area contributed by atoms with E-state index in [9.17, 15) is 4.39 Å². The van der Waals surface area contributed by atoms with Crippen molar-refractivity contribution >= 4 is 11.1 Å². The van der Waals surface area contributed by atoms with Crippen molar-refractivity contribution in [3.05, 3.63) is 53.7 Å². The molecule has 5 nitrogen and oxygen atoms in total. The van der Waals surface area contributed by atoms with Crippen LogP contribution in [0, 0.1) is 11.7 Å². The Bertz CT molecular complexity index is 1040. The number of nitrogens with one attached hydrogen (secondary N) is 1. The van der Waals surface area contributed by atoms with Crippen LogP contribution in [0.2, 0.25) is 0 Å². The van der Waals surface area contributed by atoms with E-state index in [1.54, 1.807) is 13.2 Å². The van der Waals surface area contributed by atoms with Crippen LogP contribution < -0.4 is 14.8 Å². The van der Waals surface area contributed by atoms with Crippen LogP contribution in [-0.2, 0) is 6.42 Å². The van der Waals surface area contributed by atoms with Gasteiger partial charge in [0, 0.05) is 19.0 Å². The summed E-state index contributed by atoms with van der Waals surface area (Å²) in [5.41, 5.74) is 2.49. The van der Waals surface area contributed by atoms with Gasteiger partial charge in [0.05, 0.1) is 13.2 Å². The Balaban J connectivity index is 1.30. The second-order valence-corrected chi connectivity index (χ2v) is 8.82. The Morgan fingerprint density at radius 2 is 1.97 bits per heavy atom. The molecule has 1 aromatic heterocycles. The molecular weight excluding hydrogens is 395 g/mol. The topological polar surface area (TPSA) is 56.5 Å². The van der Waals surface area contributed by atoms with Crippen molar-refractivity contribution in [2.24, 2.45) is 5.92 Å². The van der Waals surface area contributed by atoms with Crippen molar-refractivity contribution < 1.29 is 18.3 Å². The molecule has 2 fully saturated rings. The first kappa shape index (κ1) is 20.3. The minimum Gasteiger partial charge on any atom is -0.493 e. The molecule has 0 spiro atoms. The summed E-state index contributed by atoms with van der Waals surface area (Å²) in [4.78, 5) is 4.49. The third-order valence-electron chi connectivity index (χ3n) is 6.55. The van der Waals surface area contributed by atoms with Crippen LogP contribution in [0.4, 0.5) is 4.39 Å². The molecule has 2 aromatic carbocycles. The lowest BCUT2D eigenvalue weighted by molar-refractivity contribution is 0.200. The number of aromatic nitrogens is 1. The molecular formula is C25H29FN2O3. The molecule has 0 bridgehead atoms. The Hall–Kier alpha value is -2.60. The Morgan fingerprint density at radius 3 is 2.81 bits per heavy atom. The first-order valence-electron chi connectivity index (χ1n) is 11.3. The molecule has 6 heteroatoms. The molecule has 1 aliphatic carbocycles. The Kier molecular flexibility index (Phi) is 5.81. The van der Waals surface area contributed by atoms with Crippen molar-refractivity contribution in [1.82, 2.24) is 10.3 Å². The van der Waals surface area contributed by atoms with Gasteiger partial charge in [0.2, 0.25) is 0 Å². The molecule has 164 valence electrons. The number of hydrogen-bond acceptors (Lipinski definition) is 5. The van der Waals surface area contributed by atoms with Crippen molar-refractivity contribution in [3.8, 4) is 11.5 Å². The molecule has 1 saturated carbocycles. The van der Waals surface area contributed by atoms with Gasteiger partial charge in [-0.15, -0.1) is 0 Å². The Labute approximate surface area is 181 Å². The van der Waals surface area contributed by atoms with Crippen LogP contribution in [0.25, 0.3) is 11.1 Å². The molecule has 2 aliphatic rings. The van der Waals surface area contributed by atoms with Crippen LogP contribution in [0.5, 0.6) is 11.5 Å². The number of rotatable bonds is 6. The molecule has 3 aromatic rings. The molecule has 1 aliphatic heterocycles. The van der Waals surface area contributed by atoms with E-state index in [1.807, 2.05) is 6.07 Å². The fourth-order valence-electron chi connectivity index (χ4n) is 4.95. The third kappa shape index (κ3) is 4.54. The van der Waals surface area contributed by atoms with E-state index in [2.05, 4.69) is 22.4 Å². The summed E-state index contributed by atoms with van der Waals surface area (Å²) in [6.45, 7) is 1.86. The van der Waals surface area contributed by atoms with Gasteiger partial charge in [-0.25, -0.2) is 9.37 Å². The van der Waals surface area contributed by atoms with Gasteiger partial charge in [0.1, 0.15) is 11.3 Å². The normalized spacial score (nSPS) is 22.1. The van der Waals surface area contributed by atoms with Gasteiger partial charge >= 0.3 is 0 Å². The summed E-state index contributed by atoms with van der Waals surface area (Å²) in [5.74, 6) is 2.83. The summed E-state index contributed by atoms with van der Waals surface area (Å²) < 4.78 is 31.1.